The molecule has 0 spiro atoms. The summed E-state index contributed by atoms with van der Waals surface area (Å²) in [4.78, 5) is 20.5. The Morgan fingerprint density at radius 2 is 2.00 bits per heavy atom. The Morgan fingerprint density at radius 1 is 1.50 bits per heavy atom. The Balaban J connectivity index is 4.12. The maximum absolute atomic E-state index is 10.3. The van der Waals surface area contributed by atoms with Crippen LogP contribution in [0.2, 0.25) is 0 Å². The zero-order valence-electron chi connectivity index (χ0n) is 5.84. The number of carbonyl (C=O) groups excluding carboxylic acids is 1. The Bertz CT molecular complexity index is 183. The van der Waals surface area contributed by atoms with Gasteiger partial charge in [0.15, 0.2) is 0 Å². The lowest BCUT2D eigenvalue weighted by Crippen LogP contribution is -2.24. The van der Waals surface area contributed by atoms with Crippen LogP contribution in [0.3, 0.4) is 0 Å². The average molecular weight is 143 g/mol. The molecule has 0 atom stereocenters. The van der Waals surface area contributed by atoms with E-state index in [-0.39, 0.29) is 11.6 Å². The van der Waals surface area contributed by atoms with E-state index < -0.39 is 5.97 Å². The molecule has 0 aromatic carbocycles. The number of carbonyl (C=O) groups is 2. The third kappa shape index (κ3) is 2.86. The molecular weight excluding hydrogens is 134 g/mol. The van der Waals surface area contributed by atoms with E-state index in [0.29, 0.717) is 0 Å². The molecule has 4 heteroatoms. The van der Waals surface area contributed by atoms with E-state index in [1.165, 1.54) is 13.0 Å². The highest BCUT2D eigenvalue weighted by Gasteiger charge is 2.05. The van der Waals surface area contributed by atoms with Gasteiger partial charge in [-0.25, -0.2) is 4.79 Å². The van der Waals surface area contributed by atoms with Gasteiger partial charge in [0.25, 0.3) is 0 Å². The van der Waals surface area contributed by atoms with Crippen LogP contribution >= 0.6 is 0 Å². The molecule has 0 aliphatic rings. The van der Waals surface area contributed by atoms with E-state index in [1.807, 2.05) is 0 Å². The molecule has 0 aromatic rings. The summed E-state index contributed by atoms with van der Waals surface area (Å²) in [7, 11) is 0. The average Bonchev–Trinajstić information content (AvgIpc) is 1.81. The number of amides is 1. The number of hydrogen-bond acceptors (Lipinski definition) is 2. The van der Waals surface area contributed by atoms with Crippen LogP contribution in [0.1, 0.15) is 13.8 Å². The second-order valence-corrected chi connectivity index (χ2v) is 1.69. The van der Waals surface area contributed by atoms with E-state index in [9.17, 15) is 9.59 Å². The Morgan fingerprint density at radius 3 is 2.10 bits per heavy atom. The van der Waals surface area contributed by atoms with E-state index >= 15 is 0 Å². The number of hydrogen-bond donors (Lipinski definition) is 2. The first-order chi connectivity index (χ1) is 4.57. The molecule has 0 aromatic heterocycles. The molecule has 56 valence electrons. The number of allylic oxidation sites excluding steroid dienone is 1. The highest BCUT2D eigenvalue weighted by molar-refractivity contribution is 5.91. The monoisotopic (exact) mass is 143 g/mol. The molecule has 10 heavy (non-hydrogen) atoms. The van der Waals surface area contributed by atoms with Gasteiger partial charge in [-0.3, -0.25) is 4.79 Å². The van der Waals surface area contributed by atoms with Crippen LogP contribution in [-0.2, 0) is 9.59 Å². The zero-order chi connectivity index (χ0) is 8.15. The molecule has 0 fully saturated rings. The molecule has 0 heterocycles. The summed E-state index contributed by atoms with van der Waals surface area (Å²) in [5, 5.41) is 10.5. The lowest BCUT2D eigenvalue weighted by Gasteiger charge is -1.99. The maximum atomic E-state index is 10.3. The molecule has 0 aliphatic heterocycles. The number of rotatable bonds is 2. The maximum Gasteiger partial charge on any atom is 0.352 e. The van der Waals surface area contributed by atoms with E-state index in [2.05, 4.69) is 5.32 Å². The second kappa shape index (κ2) is 3.66. The lowest BCUT2D eigenvalue weighted by molar-refractivity contribution is -0.134. The van der Waals surface area contributed by atoms with Crippen molar-refractivity contribution in [1.82, 2.24) is 5.32 Å². The predicted octanol–water partition coefficient (Wildman–Crippen LogP) is 0.111. The van der Waals surface area contributed by atoms with Crippen molar-refractivity contribution < 1.29 is 14.7 Å². The van der Waals surface area contributed by atoms with Crippen LogP contribution < -0.4 is 5.32 Å². The van der Waals surface area contributed by atoms with Gasteiger partial charge >= 0.3 is 5.97 Å². The van der Waals surface area contributed by atoms with Crippen molar-refractivity contribution in [2.24, 2.45) is 0 Å². The molecule has 0 rings (SSSR count). The summed E-state index contributed by atoms with van der Waals surface area (Å²) in [5.74, 6) is -1.51. The van der Waals surface area contributed by atoms with Crippen molar-refractivity contribution in [3.8, 4) is 0 Å². The summed E-state index contributed by atoms with van der Waals surface area (Å²) in [5.41, 5.74) is -0.0903. The smallest absolute Gasteiger partial charge is 0.352 e. The summed E-state index contributed by atoms with van der Waals surface area (Å²) < 4.78 is 0. The Hall–Kier alpha value is -1.32. The van der Waals surface area contributed by atoms with E-state index in [4.69, 9.17) is 5.11 Å². The fourth-order valence-corrected chi connectivity index (χ4v) is 0.439. The molecular formula is C6H9NO3. The van der Waals surface area contributed by atoms with Crippen LogP contribution in [-0.4, -0.2) is 17.0 Å². The third-order valence-electron chi connectivity index (χ3n) is 0.830. The van der Waals surface area contributed by atoms with Crippen LogP contribution in [0.4, 0.5) is 0 Å². The Labute approximate surface area is 58.5 Å². The molecule has 2 N–H and O–H groups in total. The number of carboxylic acid groups (broad SMARTS) is 1. The van der Waals surface area contributed by atoms with Gasteiger partial charge in [-0.15, -0.1) is 0 Å². The van der Waals surface area contributed by atoms with Gasteiger partial charge in [-0.2, -0.15) is 0 Å². The molecule has 0 saturated carbocycles. The normalized spacial score (nSPS) is 10.8. The van der Waals surface area contributed by atoms with Gasteiger partial charge in [0.1, 0.15) is 5.70 Å². The van der Waals surface area contributed by atoms with Crippen LogP contribution in [0, 0.1) is 0 Å². The van der Waals surface area contributed by atoms with E-state index in [0.717, 1.165) is 0 Å². The van der Waals surface area contributed by atoms with Gasteiger partial charge in [0, 0.05) is 6.92 Å². The molecule has 1 amide bonds. The fraction of sp³-hybridized carbons (Fsp3) is 0.333. The van der Waals surface area contributed by atoms with Gasteiger partial charge in [-0.05, 0) is 6.92 Å². The molecule has 0 bridgehead atoms. The quantitative estimate of drug-likeness (QED) is 0.539. The minimum atomic E-state index is -1.13. The summed E-state index contributed by atoms with van der Waals surface area (Å²) >= 11 is 0. The van der Waals surface area contributed by atoms with Crippen LogP contribution in [0.25, 0.3) is 0 Å². The van der Waals surface area contributed by atoms with Gasteiger partial charge in [0.05, 0.1) is 0 Å². The van der Waals surface area contributed by atoms with Gasteiger partial charge < -0.3 is 10.4 Å². The third-order valence-corrected chi connectivity index (χ3v) is 0.830. The SMILES string of the molecule is C/C=C(/NC(C)=O)C(=O)O. The summed E-state index contributed by atoms with van der Waals surface area (Å²) in [6.07, 6.45) is 1.32. The molecule has 4 nitrogen and oxygen atoms in total. The molecule has 0 aliphatic carbocycles. The van der Waals surface area contributed by atoms with Crippen LogP contribution in [0.15, 0.2) is 11.8 Å². The summed E-state index contributed by atoms with van der Waals surface area (Å²) in [6, 6.07) is 0. The van der Waals surface area contributed by atoms with Crippen LogP contribution in [0.5, 0.6) is 0 Å². The second-order valence-electron chi connectivity index (χ2n) is 1.69. The van der Waals surface area contributed by atoms with E-state index in [1.54, 1.807) is 6.92 Å². The minimum absolute atomic E-state index is 0.0903. The summed E-state index contributed by atoms with van der Waals surface area (Å²) in [6.45, 7) is 2.80. The molecule has 0 saturated heterocycles. The first kappa shape index (κ1) is 8.68. The predicted molar refractivity (Wildman–Crippen MR) is 35.2 cm³/mol. The number of carboxylic acids is 1. The zero-order valence-corrected chi connectivity index (χ0v) is 5.84. The fourth-order valence-electron chi connectivity index (χ4n) is 0.439. The highest BCUT2D eigenvalue weighted by Crippen LogP contribution is 1.86. The first-order valence-electron chi connectivity index (χ1n) is 2.75. The largest absolute Gasteiger partial charge is 0.477 e. The number of aliphatic carboxylic acids is 1. The van der Waals surface area contributed by atoms with Gasteiger partial charge in [-0.1, -0.05) is 6.08 Å². The van der Waals surface area contributed by atoms with Crippen molar-refractivity contribution in [2.75, 3.05) is 0 Å². The highest BCUT2D eigenvalue weighted by atomic mass is 16.4. The van der Waals surface area contributed by atoms with Gasteiger partial charge in [0.2, 0.25) is 5.91 Å². The molecule has 0 radical (unpaired) electrons. The number of nitrogens with one attached hydrogen (secondary N) is 1. The Kier molecular flexibility index (Phi) is 3.17. The van der Waals surface area contributed by atoms with Crippen molar-refractivity contribution in [1.29, 1.82) is 0 Å². The van der Waals surface area contributed by atoms with Crippen molar-refractivity contribution in [2.45, 2.75) is 13.8 Å². The van der Waals surface area contributed by atoms with Crippen molar-refractivity contribution in [3.63, 3.8) is 0 Å². The molecule has 0 unspecified atom stereocenters. The minimum Gasteiger partial charge on any atom is -0.477 e. The topological polar surface area (TPSA) is 66.4 Å². The van der Waals surface area contributed by atoms with Crippen molar-refractivity contribution >= 4 is 11.9 Å². The first-order valence-corrected chi connectivity index (χ1v) is 2.75. The van der Waals surface area contributed by atoms with Crippen molar-refractivity contribution in [3.05, 3.63) is 11.8 Å². The standard InChI is InChI=1S/C6H9NO3/c1-3-5(6(9)10)7-4(2)8/h3H,1-2H3,(H,7,8)(H,9,10)/b5-3+. The lowest BCUT2D eigenvalue weighted by atomic mass is 10.4.